The van der Waals surface area contributed by atoms with Gasteiger partial charge in [0.05, 0.1) is 5.52 Å². The molecule has 112 valence electrons. The zero-order valence-electron chi connectivity index (χ0n) is 12.3. The van der Waals surface area contributed by atoms with E-state index in [-0.39, 0.29) is 5.28 Å². The number of hydrogen-bond donors (Lipinski definition) is 1. The number of nitrogens with one attached hydrogen (secondary N) is 1. The topological polar surface area (TPSA) is 41.1 Å². The molecule has 1 aliphatic heterocycles. The molecule has 6 heteroatoms. The van der Waals surface area contributed by atoms with Gasteiger partial charge in [-0.2, -0.15) is 11.8 Å². The third-order valence-electron chi connectivity index (χ3n) is 3.45. The molecule has 1 aliphatic rings. The minimum atomic E-state index is 0.285. The van der Waals surface area contributed by atoms with E-state index in [1.807, 2.05) is 17.8 Å². The van der Waals surface area contributed by atoms with Gasteiger partial charge in [0.15, 0.2) is 0 Å². The third-order valence-corrected chi connectivity index (χ3v) is 4.57. The molecule has 1 fully saturated rings. The van der Waals surface area contributed by atoms with Crippen LogP contribution in [0.15, 0.2) is 18.2 Å². The summed E-state index contributed by atoms with van der Waals surface area (Å²) in [5, 5.41) is 4.68. The van der Waals surface area contributed by atoms with Crippen LogP contribution in [0, 0.1) is 0 Å². The largest absolute Gasteiger partial charge is 0.370 e. The maximum Gasteiger partial charge on any atom is 0.224 e. The predicted octanol–water partition coefficient (Wildman–Crippen LogP) is 3.66. The number of benzene rings is 1. The van der Waals surface area contributed by atoms with E-state index in [4.69, 9.17) is 11.6 Å². The fourth-order valence-electron chi connectivity index (χ4n) is 2.49. The van der Waals surface area contributed by atoms with Gasteiger partial charge in [0.1, 0.15) is 5.82 Å². The second-order valence-electron chi connectivity index (χ2n) is 5.44. The first-order valence-corrected chi connectivity index (χ1v) is 8.73. The number of fused-ring (bicyclic) bond motifs is 1. The molecule has 2 heterocycles. The van der Waals surface area contributed by atoms with Crippen molar-refractivity contribution in [2.75, 3.05) is 34.8 Å². The summed E-state index contributed by atoms with van der Waals surface area (Å²) in [5.41, 5.74) is 2.12. The monoisotopic (exact) mass is 322 g/mol. The van der Waals surface area contributed by atoms with Crippen molar-refractivity contribution in [2.45, 2.75) is 19.9 Å². The van der Waals surface area contributed by atoms with Crippen molar-refractivity contribution in [2.24, 2.45) is 0 Å². The van der Waals surface area contributed by atoms with Crippen LogP contribution in [0.5, 0.6) is 0 Å². The van der Waals surface area contributed by atoms with Gasteiger partial charge in [-0.15, -0.1) is 0 Å². The fraction of sp³-hybridized carbons (Fsp3) is 0.467. The first kappa shape index (κ1) is 14.7. The van der Waals surface area contributed by atoms with Crippen molar-refractivity contribution < 1.29 is 0 Å². The molecule has 0 spiro atoms. The van der Waals surface area contributed by atoms with Crippen molar-refractivity contribution in [3.63, 3.8) is 0 Å². The minimum Gasteiger partial charge on any atom is -0.370 e. The van der Waals surface area contributed by atoms with Crippen LogP contribution in [0.4, 0.5) is 11.5 Å². The average molecular weight is 323 g/mol. The summed E-state index contributed by atoms with van der Waals surface area (Å²) in [4.78, 5) is 11.1. The van der Waals surface area contributed by atoms with Crippen LogP contribution in [-0.2, 0) is 0 Å². The highest BCUT2D eigenvalue weighted by Crippen LogP contribution is 2.28. The van der Waals surface area contributed by atoms with E-state index in [0.29, 0.717) is 6.04 Å². The summed E-state index contributed by atoms with van der Waals surface area (Å²) < 4.78 is 0. The van der Waals surface area contributed by atoms with Crippen LogP contribution in [0.25, 0.3) is 10.9 Å². The molecule has 1 aromatic carbocycles. The van der Waals surface area contributed by atoms with Gasteiger partial charge >= 0.3 is 0 Å². The zero-order chi connectivity index (χ0) is 14.8. The highest BCUT2D eigenvalue weighted by atomic mass is 35.5. The van der Waals surface area contributed by atoms with Crippen LogP contribution in [-0.4, -0.2) is 40.6 Å². The third kappa shape index (κ3) is 3.35. The lowest BCUT2D eigenvalue weighted by Crippen LogP contribution is -2.32. The summed E-state index contributed by atoms with van der Waals surface area (Å²) in [7, 11) is 0. The Morgan fingerprint density at radius 3 is 2.71 bits per heavy atom. The first-order chi connectivity index (χ1) is 10.1. The van der Waals surface area contributed by atoms with Crippen LogP contribution >= 0.6 is 23.4 Å². The van der Waals surface area contributed by atoms with Crippen LogP contribution < -0.4 is 10.2 Å². The lowest BCUT2D eigenvalue weighted by Gasteiger charge is -2.28. The molecule has 2 aromatic rings. The summed E-state index contributed by atoms with van der Waals surface area (Å²) in [6, 6.07) is 6.63. The molecule has 21 heavy (non-hydrogen) atoms. The maximum atomic E-state index is 6.02. The molecule has 4 nitrogen and oxygen atoms in total. The molecule has 0 saturated carbocycles. The standard InChI is InChI=1S/C15H19ClN4S/c1-10(2)17-14-12-9-11(20-5-7-21-8-6-20)3-4-13(12)18-15(16)19-14/h3-4,9-10H,5-8H2,1-2H3,(H,17,18,19). The van der Waals surface area contributed by atoms with Gasteiger partial charge in [0, 0.05) is 41.7 Å². The van der Waals surface area contributed by atoms with Gasteiger partial charge in [0.25, 0.3) is 0 Å². The van der Waals surface area contributed by atoms with Crippen molar-refractivity contribution in [1.29, 1.82) is 0 Å². The number of hydrogen-bond acceptors (Lipinski definition) is 5. The molecule has 3 rings (SSSR count). The SMILES string of the molecule is CC(C)Nc1nc(Cl)nc2ccc(N3CCSCC3)cc12. The molecule has 0 radical (unpaired) electrons. The van der Waals surface area contributed by atoms with E-state index in [1.54, 1.807) is 0 Å². The summed E-state index contributed by atoms with van der Waals surface area (Å²) in [6.45, 7) is 6.37. The molecule has 1 saturated heterocycles. The maximum absolute atomic E-state index is 6.02. The number of aromatic nitrogens is 2. The van der Waals surface area contributed by atoms with Gasteiger partial charge in [-0.1, -0.05) is 0 Å². The van der Waals surface area contributed by atoms with Gasteiger partial charge in [-0.05, 0) is 43.6 Å². The van der Waals surface area contributed by atoms with Crippen LogP contribution in [0.2, 0.25) is 5.28 Å². The Balaban J connectivity index is 2.03. The Labute approximate surface area is 134 Å². The van der Waals surface area contributed by atoms with E-state index in [0.717, 1.165) is 29.8 Å². The van der Waals surface area contributed by atoms with E-state index in [1.165, 1.54) is 17.2 Å². The normalized spacial score (nSPS) is 15.7. The zero-order valence-corrected chi connectivity index (χ0v) is 13.8. The molecular formula is C15H19ClN4S. The van der Waals surface area contributed by atoms with Crippen molar-refractivity contribution in [3.05, 3.63) is 23.5 Å². The Kier molecular flexibility index (Phi) is 4.40. The Morgan fingerprint density at radius 1 is 1.24 bits per heavy atom. The second-order valence-corrected chi connectivity index (χ2v) is 7.00. The molecule has 0 atom stereocenters. The second kappa shape index (κ2) is 6.28. The van der Waals surface area contributed by atoms with E-state index < -0.39 is 0 Å². The number of nitrogens with zero attached hydrogens (tertiary/aromatic N) is 3. The van der Waals surface area contributed by atoms with Crippen molar-refractivity contribution in [1.82, 2.24) is 9.97 Å². The molecule has 0 amide bonds. The van der Waals surface area contributed by atoms with Crippen LogP contribution in [0.3, 0.4) is 0 Å². The quantitative estimate of drug-likeness (QED) is 0.873. The Bertz CT molecular complexity index is 641. The van der Waals surface area contributed by atoms with Gasteiger partial charge < -0.3 is 10.2 Å². The number of halogens is 1. The first-order valence-electron chi connectivity index (χ1n) is 7.20. The van der Waals surface area contributed by atoms with E-state index >= 15 is 0 Å². The Morgan fingerprint density at radius 2 is 2.00 bits per heavy atom. The van der Waals surface area contributed by atoms with Crippen LogP contribution in [0.1, 0.15) is 13.8 Å². The molecule has 1 N–H and O–H groups in total. The van der Waals surface area contributed by atoms with E-state index in [2.05, 4.69) is 46.2 Å². The molecule has 0 unspecified atom stereocenters. The lowest BCUT2D eigenvalue weighted by molar-refractivity contribution is 0.859. The smallest absolute Gasteiger partial charge is 0.224 e. The van der Waals surface area contributed by atoms with E-state index in [9.17, 15) is 0 Å². The molecule has 0 aliphatic carbocycles. The number of anilines is 2. The summed E-state index contributed by atoms with van der Waals surface area (Å²) in [6.07, 6.45) is 0. The highest BCUT2D eigenvalue weighted by Gasteiger charge is 2.14. The van der Waals surface area contributed by atoms with Gasteiger partial charge in [0.2, 0.25) is 5.28 Å². The van der Waals surface area contributed by atoms with Gasteiger partial charge in [-0.25, -0.2) is 9.97 Å². The summed E-state index contributed by atoms with van der Waals surface area (Å²) in [5.74, 6) is 3.19. The van der Waals surface area contributed by atoms with Crippen molar-refractivity contribution >= 4 is 45.8 Å². The number of thioether (sulfide) groups is 1. The molecular weight excluding hydrogens is 304 g/mol. The lowest BCUT2D eigenvalue weighted by atomic mass is 10.2. The molecule has 0 bridgehead atoms. The minimum absolute atomic E-state index is 0.285. The molecule has 1 aromatic heterocycles. The Hall–Kier alpha value is -1.20. The summed E-state index contributed by atoms with van der Waals surface area (Å²) >= 11 is 8.03. The van der Waals surface area contributed by atoms with Crippen molar-refractivity contribution in [3.8, 4) is 0 Å². The van der Waals surface area contributed by atoms with Gasteiger partial charge in [-0.3, -0.25) is 0 Å². The number of rotatable bonds is 3. The fourth-order valence-corrected chi connectivity index (χ4v) is 3.57. The average Bonchev–Trinajstić information content (AvgIpc) is 2.47. The predicted molar refractivity (Wildman–Crippen MR) is 92.8 cm³/mol. The highest BCUT2D eigenvalue weighted by molar-refractivity contribution is 7.99.